The molecule has 0 aliphatic rings. The molecule has 190 valence electrons. The molecule has 37 heavy (non-hydrogen) atoms. The van der Waals surface area contributed by atoms with Gasteiger partial charge in [-0.1, -0.05) is 13.0 Å². The highest BCUT2D eigenvalue weighted by molar-refractivity contribution is 7.91. The van der Waals surface area contributed by atoms with Crippen molar-refractivity contribution in [2.75, 3.05) is 11.1 Å². The fraction of sp³-hybridized carbons (Fsp3) is 0.111. The Morgan fingerprint density at radius 1 is 0.919 bits per heavy atom. The fourth-order valence-electron chi connectivity index (χ4n) is 3.66. The quantitative estimate of drug-likeness (QED) is 0.302. The fourth-order valence-corrected chi connectivity index (χ4v) is 4.56. The van der Waals surface area contributed by atoms with Crippen molar-refractivity contribution in [3.63, 3.8) is 0 Å². The molecule has 6 nitrogen and oxygen atoms in total. The first-order chi connectivity index (χ1) is 17.6. The maximum Gasteiger partial charge on any atom is 0.221 e. The summed E-state index contributed by atoms with van der Waals surface area (Å²) in [5.41, 5.74) is 1.09. The largest absolute Gasteiger partial charge is 0.455 e. The predicted octanol–water partition coefficient (Wildman–Crippen LogP) is 6.38. The van der Waals surface area contributed by atoms with Crippen LogP contribution in [0.15, 0.2) is 77.8 Å². The van der Waals surface area contributed by atoms with E-state index in [-0.39, 0.29) is 39.3 Å². The maximum absolute atomic E-state index is 14.0. The summed E-state index contributed by atoms with van der Waals surface area (Å²) in [5.74, 6) is -2.63. The van der Waals surface area contributed by atoms with Gasteiger partial charge in [0, 0.05) is 47.6 Å². The van der Waals surface area contributed by atoms with E-state index in [1.54, 1.807) is 0 Å². The van der Waals surface area contributed by atoms with Crippen LogP contribution in [0.3, 0.4) is 0 Å². The zero-order valence-electron chi connectivity index (χ0n) is 19.8. The van der Waals surface area contributed by atoms with Crippen molar-refractivity contribution in [1.82, 2.24) is 4.98 Å². The Bertz CT molecular complexity index is 1590. The first-order valence-corrected chi connectivity index (χ1v) is 12.8. The number of ether oxygens (including phenoxy) is 1. The van der Waals surface area contributed by atoms with E-state index in [0.717, 1.165) is 18.2 Å². The minimum Gasteiger partial charge on any atom is -0.455 e. The number of amides is 1. The van der Waals surface area contributed by atoms with Crippen LogP contribution in [0.1, 0.15) is 13.8 Å². The Kier molecular flexibility index (Phi) is 7.30. The lowest BCUT2D eigenvalue weighted by Gasteiger charge is -2.16. The van der Waals surface area contributed by atoms with Gasteiger partial charge in [0.25, 0.3) is 0 Å². The number of hydrogen-bond donors (Lipinski definition) is 1. The number of rotatable bonds is 7. The molecule has 0 bridgehead atoms. The van der Waals surface area contributed by atoms with Gasteiger partial charge in [-0.05, 0) is 48.5 Å². The molecule has 0 atom stereocenters. The van der Waals surface area contributed by atoms with Crippen molar-refractivity contribution >= 4 is 21.4 Å². The first kappa shape index (κ1) is 25.9. The summed E-state index contributed by atoms with van der Waals surface area (Å²) in [6.45, 7) is 2.81. The molecule has 0 aliphatic carbocycles. The average Bonchev–Trinajstić information content (AvgIpc) is 2.83. The van der Waals surface area contributed by atoms with Crippen LogP contribution in [0.5, 0.6) is 11.5 Å². The first-order valence-electron chi connectivity index (χ1n) is 11.1. The summed E-state index contributed by atoms with van der Waals surface area (Å²) in [7, 11) is -3.59. The minimum absolute atomic E-state index is 0.0191. The molecule has 0 radical (unpaired) electrons. The van der Waals surface area contributed by atoms with Crippen molar-refractivity contribution in [2.45, 2.75) is 18.7 Å². The highest BCUT2D eigenvalue weighted by atomic mass is 32.2. The number of nitrogens with one attached hydrogen (secondary N) is 1. The van der Waals surface area contributed by atoms with Crippen LogP contribution in [-0.4, -0.2) is 25.1 Å². The minimum atomic E-state index is -3.59. The van der Waals surface area contributed by atoms with Gasteiger partial charge < -0.3 is 10.1 Å². The molecule has 10 heteroatoms. The third-order valence-corrected chi connectivity index (χ3v) is 7.10. The van der Waals surface area contributed by atoms with Gasteiger partial charge in [-0.2, -0.15) is 0 Å². The number of benzene rings is 3. The van der Waals surface area contributed by atoms with Gasteiger partial charge in [-0.3, -0.25) is 9.78 Å². The Labute approximate surface area is 211 Å². The molecule has 1 heterocycles. The number of pyridine rings is 1. The summed E-state index contributed by atoms with van der Waals surface area (Å²) >= 11 is 0. The molecule has 1 N–H and O–H groups in total. The highest BCUT2D eigenvalue weighted by Gasteiger charge is 2.19. The number of carbonyl (C=O) groups is 1. The van der Waals surface area contributed by atoms with Crippen LogP contribution in [0, 0.1) is 17.5 Å². The lowest BCUT2D eigenvalue weighted by atomic mass is 10.0. The third kappa shape index (κ3) is 5.97. The highest BCUT2D eigenvalue weighted by Crippen LogP contribution is 2.38. The van der Waals surface area contributed by atoms with Crippen LogP contribution in [-0.2, 0) is 14.6 Å². The van der Waals surface area contributed by atoms with Crippen LogP contribution in [0.2, 0.25) is 0 Å². The van der Waals surface area contributed by atoms with Gasteiger partial charge in [0.05, 0.1) is 10.6 Å². The summed E-state index contributed by atoms with van der Waals surface area (Å²) < 4.78 is 72.7. The summed E-state index contributed by atoms with van der Waals surface area (Å²) in [4.78, 5) is 16.2. The maximum atomic E-state index is 14.0. The lowest BCUT2D eigenvalue weighted by Crippen LogP contribution is -2.09. The second-order valence-corrected chi connectivity index (χ2v) is 10.4. The Morgan fingerprint density at radius 2 is 1.65 bits per heavy atom. The Morgan fingerprint density at radius 3 is 2.30 bits per heavy atom. The van der Waals surface area contributed by atoms with E-state index in [0.29, 0.717) is 22.9 Å². The van der Waals surface area contributed by atoms with Gasteiger partial charge in [-0.15, -0.1) is 0 Å². The number of hydrogen-bond acceptors (Lipinski definition) is 5. The predicted molar refractivity (Wildman–Crippen MR) is 134 cm³/mol. The van der Waals surface area contributed by atoms with Gasteiger partial charge in [-0.25, -0.2) is 21.6 Å². The van der Waals surface area contributed by atoms with Gasteiger partial charge in [0.15, 0.2) is 15.6 Å². The van der Waals surface area contributed by atoms with Crippen molar-refractivity contribution < 1.29 is 31.1 Å². The SMILES string of the molecule is CCS(=O)(=O)c1ccc(NC(C)=O)c(-c2cnc(-c3cc(F)cc(F)c3)c(Oc3cccc(F)c3)c2)c1. The molecule has 4 rings (SSSR count). The van der Waals surface area contributed by atoms with Crippen LogP contribution in [0.25, 0.3) is 22.4 Å². The average molecular weight is 527 g/mol. The molecule has 0 saturated heterocycles. The van der Waals surface area contributed by atoms with Gasteiger partial charge in [0.1, 0.15) is 28.9 Å². The molecule has 1 aromatic heterocycles. The molecule has 4 aromatic rings. The number of carbonyl (C=O) groups excluding carboxylic acids is 1. The van der Waals surface area contributed by atoms with E-state index >= 15 is 0 Å². The molecular formula is C27H21F3N2O4S. The summed E-state index contributed by atoms with van der Waals surface area (Å²) in [6, 6.07) is 13.8. The van der Waals surface area contributed by atoms with E-state index in [9.17, 15) is 26.4 Å². The second-order valence-electron chi connectivity index (χ2n) is 8.08. The van der Waals surface area contributed by atoms with Crippen molar-refractivity contribution in [1.29, 1.82) is 0 Å². The monoisotopic (exact) mass is 526 g/mol. The molecular weight excluding hydrogens is 505 g/mol. The van der Waals surface area contributed by atoms with E-state index in [1.807, 2.05) is 0 Å². The second kappa shape index (κ2) is 10.4. The van der Waals surface area contributed by atoms with E-state index in [4.69, 9.17) is 4.74 Å². The van der Waals surface area contributed by atoms with Crippen LogP contribution in [0.4, 0.5) is 18.9 Å². The number of nitrogens with zero attached hydrogens (tertiary/aromatic N) is 1. The van der Waals surface area contributed by atoms with Crippen molar-refractivity contribution in [2.24, 2.45) is 0 Å². The van der Waals surface area contributed by atoms with Gasteiger partial charge in [0.2, 0.25) is 5.91 Å². The molecule has 0 unspecified atom stereocenters. The zero-order valence-corrected chi connectivity index (χ0v) is 20.6. The third-order valence-electron chi connectivity index (χ3n) is 5.36. The van der Waals surface area contributed by atoms with Crippen LogP contribution >= 0.6 is 0 Å². The van der Waals surface area contributed by atoms with Crippen LogP contribution < -0.4 is 10.1 Å². The molecule has 0 spiro atoms. The topological polar surface area (TPSA) is 85.4 Å². The van der Waals surface area contributed by atoms with Crippen molar-refractivity contribution in [3.8, 4) is 33.9 Å². The molecule has 0 aliphatic heterocycles. The van der Waals surface area contributed by atoms with Gasteiger partial charge >= 0.3 is 0 Å². The number of aromatic nitrogens is 1. The Balaban J connectivity index is 1.93. The molecule has 1 amide bonds. The molecule has 3 aromatic carbocycles. The summed E-state index contributed by atoms with van der Waals surface area (Å²) in [5, 5.41) is 2.66. The standard InChI is InChI=1S/C27H21F3N2O4S/c1-3-37(34,35)23-7-8-25(32-16(2)33)24(14-23)18-11-26(36-22-6-4-5-19(28)13-22)27(31-15-18)17-9-20(29)12-21(30)10-17/h4-15H,3H2,1-2H3,(H,32,33). The molecule has 0 fully saturated rings. The lowest BCUT2D eigenvalue weighted by molar-refractivity contribution is -0.114. The van der Waals surface area contributed by atoms with Crippen molar-refractivity contribution in [3.05, 3.63) is 90.4 Å². The normalized spacial score (nSPS) is 11.3. The van der Waals surface area contributed by atoms with E-state index in [1.165, 1.54) is 62.5 Å². The zero-order chi connectivity index (χ0) is 26.7. The smallest absolute Gasteiger partial charge is 0.221 e. The van der Waals surface area contributed by atoms with E-state index < -0.39 is 27.3 Å². The molecule has 0 saturated carbocycles. The van der Waals surface area contributed by atoms with E-state index in [2.05, 4.69) is 10.3 Å². The number of anilines is 1. The number of halogens is 3. The summed E-state index contributed by atoms with van der Waals surface area (Å²) in [6.07, 6.45) is 1.36. The Hall–Kier alpha value is -4.18. The number of sulfone groups is 1.